The van der Waals surface area contributed by atoms with Crippen LogP contribution < -0.4 is 5.32 Å². The van der Waals surface area contributed by atoms with Crippen LogP contribution in [0.4, 0.5) is 0 Å². The van der Waals surface area contributed by atoms with Crippen molar-refractivity contribution in [2.24, 2.45) is 0 Å². The molecule has 1 aromatic rings. The topological polar surface area (TPSA) is 80.6 Å². The summed E-state index contributed by atoms with van der Waals surface area (Å²) in [6.07, 6.45) is 3.95. The zero-order valence-corrected chi connectivity index (χ0v) is 12.5. The summed E-state index contributed by atoms with van der Waals surface area (Å²) < 4.78 is 7.27. The molecular formula is C15H22N2O4. The van der Waals surface area contributed by atoms with Gasteiger partial charge in [0.05, 0.1) is 18.1 Å². The lowest BCUT2D eigenvalue weighted by Crippen LogP contribution is -2.33. The van der Waals surface area contributed by atoms with Gasteiger partial charge in [-0.25, -0.2) is 4.79 Å². The van der Waals surface area contributed by atoms with E-state index in [-0.39, 0.29) is 24.0 Å². The van der Waals surface area contributed by atoms with Crippen molar-refractivity contribution in [2.75, 3.05) is 13.2 Å². The van der Waals surface area contributed by atoms with E-state index in [0.29, 0.717) is 24.3 Å². The van der Waals surface area contributed by atoms with Crippen LogP contribution in [0.3, 0.4) is 0 Å². The molecule has 0 bridgehead atoms. The van der Waals surface area contributed by atoms with Crippen molar-refractivity contribution >= 4 is 11.9 Å². The molecule has 2 N–H and O–H groups in total. The number of carboxylic acid groups (broad SMARTS) is 1. The highest BCUT2D eigenvalue weighted by atomic mass is 16.5. The quantitative estimate of drug-likeness (QED) is 0.830. The molecule has 1 aliphatic heterocycles. The number of hydrogen-bond acceptors (Lipinski definition) is 3. The van der Waals surface area contributed by atoms with E-state index in [0.717, 1.165) is 19.4 Å². The van der Waals surface area contributed by atoms with Crippen LogP contribution in [0.15, 0.2) is 6.20 Å². The number of rotatable bonds is 6. The minimum absolute atomic E-state index is 0.0794. The van der Waals surface area contributed by atoms with Gasteiger partial charge in [-0.15, -0.1) is 0 Å². The summed E-state index contributed by atoms with van der Waals surface area (Å²) in [5.74, 6) is -1.15. The molecule has 1 aliphatic rings. The Morgan fingerprint density at radius 2 is 2.29 bits per heavy atom. The minimum atomic E-state index is -0.985. The van der Waals surface area contributed by atoms with Crippen LogP contribution in [0.5, 0.6) is 0 Å². The van der Waals surface area contributed by atoms with Crippen LogP contribution in [0.2, 0.25) is 0 Å². The first-order valence-electron chi connectivity index (χ1n) is 7.33. The van der Waals surface area contributed by atoms with E-state index >= 15 is 0 Å². The largest absolute Gasteiger partial charge is 0.478 e. The Morgan fingerprint density at radius 1 is 1.52 bits per heavy atom. The molecule has 1 fully saturated rings. The maximum atomic E-state index is 12.0. The molecule has 0 saturated carbocycles. The van der Waals surface area contributed by atoms with Gasteiger partial charge >= 0.3 is 5.97 Å². The molecule has 0 spiro atoms. The summed E-state index contributed by atoms with van der Waals surface area (Å²) in [7, 11) is 0. The molecule has 0 unspecified atom stereocenters. The lowest BCUT2D eigenvalue weighted by atomic mass is 10.1. The summed E-state index contributed by atoms with van der Waals surface area (Å²) in [6.45, 7) is 5.57. The van der Waals surface area contributed by atoms with Gasteiger partial charge in [0, 0.05) is 31.6 Å². The van der Waals surface area contributed by atoms with Crippen LogP contribution >= 0.6 is 0 Å². The molecule has 2 rings (SSSR count). The number of carbonyl (C=O) groups is 2. The first-order chi connectivity index (χ1) is 10.0. The summed E-state index contributed by atoms with van der Waals surface area (Å²) in [5.41, 5.74) is 1.49. The number of nitrogens with zero attached hydrogens (tertiary/aromatic N) is 1. The highest BCUT2D eigenvalue weighted by Crippen LogP contribution is 2.18. The van der Waals surface area contributed by atoms with E-state index in [4.69, 9.17) is 4.74 Å². The summed E-state index contributed by atoms with van der Waals surface area (Å²) in [5, 5.41) is 12.1. The molecule has 0 aliphatic carbocycles. The van der Waals surface area contributed by atoms with Crippen molar-refractivity contribution in [1.82, 2.24) is 9.88 Å². The van der Waals surface area contributed by atoms with Gasteiger partial charge in [0.2, 0.25) is 5.91 Å². The maximum absolute atomic E-state index is 12.0. The molecule has 0 aromatic carbocycles. The van der Waals surface area contributed by atoms with E-state index < -0.39 is 5.97 Å². The lowest BCUT2D eigenvalue weighted by molar-refractivity contribution is -0.121. The van der Waals surface area contributed by atoms with Crippen LogP contribution in [-0.4, -0.2) is 40.8 Å². The van der Waals surface area contributed by atoms with E-state index in [9.17, 15) is 14.7 Å². The Kier molecular flexibility index (Phi) is 5.01. The standard InChI is InChI=1S/C15H22N2O4/c1-3-17-9-10(2)14(15(19)20)12(17)7-13(18)16-8-11-5-4-6-21-11/h9,11H,3-8H2,1-2H3,(H,16,18)(H,19,20)/t11-/m0/s1. The highest BCUT2D eigenvalue weighted by Gasteiger charge is 2.22. The fraction of sp³-hybridized carbons (Fsp3) is 0.600. The average Bonchev–Trinajstić information content (AvgIpc) is 3.04. The van der Waals surface area contributed by atoms with Crippen molar-refractivity contribution in [3.63, 3.8) is 0 Å². The molecule has 116 valence electrons. The van der Waals surface area contributed by atoms with Gasteiger partial charge in [0.1, 0.15) is 0 Å². The Morgan fingerprint density at radius 3 is 2.86 bits per heavy atom. The predicted molar refractivity (Wildman–Crippen MR) is 77.5 cm³/mol. The first kappa shape index (κ1) is 15.6. The maximum Gasteiger partial charge on any atom is 0.337 e. The zero-order valence-electron chi connectivity index (χ0n) is 12.5. The third-order valence-electron chi connectivity index (χ3n) is 3.81. The summed E-state index contributed by atoms with van der Waals surface area (Å²) in [6, 6.07) is 0. The number of aromatic nitrogens is 1. The normalized spacial score (nSPS) is 17.9. The van der Waals surface area contributed by atoms with Gasteiger partial charge in [0.25, 0.3) is 0 Å². The van der Waals surface area contributed by atoms with Gasteiger partial charge in [-0.2, -0.15) is 0 Å². The molecule has 2 heterocycles. The fourth-order valence-corrected chi connectivity index (χ4v) is 2.76. The van der Waals surface area contributed by atoms with Crippen molar-refractivity contribution in [3.05, 3.63) is 23.0 Å². The number of ether oxygens (including phenoxy) is 1. The number of aryl methyl sites for hydroxylation is 2. The molecule has 1 aromatic heterocycles. The molecule has 1 saturated heterocycles. The molecule has 6 nitrogen and oxygen atoms in total. The Bertz CT molecular complexity index is 530. The molecular weight excluding hydrogens is 272 g/mol. The number of hydrogen-bond donors (Lipinski definition) is 2. The van der Waals surface area contributed by atoms with Gasteiger partial charge in [0.15, 0.2) is 0 Å². The van der Waals surface area contributed by atoms with Gasteiger partial charge < -0.3 is 19.7 Å². The number of nitrogens with one attached hydrogen (secondary N) is 1. The van der Waals surface area contributed by atoms with Gasteiger partial charge in [-0.05, 0) is 32.3 Å². The SMILES string of the molecule is CCn1cc(C)c(C(=O)O)c1CC(=O)NC[C@@H]1CCCO1. The van der Waals surface area contributed by atoms with Gasteiger partial charge in [-0.1, -0.05) is 0 Å². The number of carbonyl (C=O) groups excluding carboxylic acids is 1. The lowest BCUT2D eigenvalue weighted by Gasteiger charge is -2.12. The Labute approximate surface area is 124 Å². The van der Waals surface area contributed by atoms with Crippen molar-refractivity contribution in [1.29, 1.82) is 0 Å². The Balaban J connectivity index is 2.03. The van der Waals surface area contributed by atoms with E-state index in [1.165, 1.54) is 0 Å². The fourth-order valence-electron chi connectivity index (χ4n) is 2.76. The zero-order chi connectivity index (χ0) is 15.4. The van der Waals surface area contributed by atoms with E-state index in [1.807, 2.05) is 11.5 Å². The first-order valence-corrected chi connectivity index (χ1v) is 7.33. The number of amides is 1. The van der Waals surface area contributed by atoms with Crippen LogP contribution in [0.25, 0.3) is 0 Å². The average molecular weight is 294 g/mol. The van der Waals surface area contributed by atoms with E-state index in [2.05, 4.69) is 5.32 Å². The highest BCUT2D eigenvalue weighted by molar-refractivity contribution is 5.93. The monoisotopic (exact) mass is 294 g/mol. The summed E-state index contributed by atoms with van der Waals surface area (Å²) in [4.78, 5) is 23.4. The van der Waals surface area contributed by atoms with Crippen LogP contribution in [0.1, 0.15) is 41.4 Å². The minimum Gasteiger partial charge on any atom is -0.478 e. The van der Waals surface area contributed by atoms with Crippen molar-refractivity contribution in [3.8, 4) is 0 Å². The second kappa shape index (κ2) is 6.76. The molecule has 6 heteroatoms. The Hall–Kier alpha value is -1.82. The van der Waals surface area contributed by atoms with Crippen molar-refractivity contribution in [2.45, 2.75) is 45.8 Å². The smallest absolute Gasteiger partial charge is 0.337 e. The van der Waals surface area contributed by atoms with Crippen molar-refractivity contribution < 1.29 is 19.4 Å². The number of carboxylic acids is 1. The van der Waals surface area contributed by atoms with E-state index in [1.54, 1.807) is 13.1 Å². The van der Waals surface area contributed by atoms with Gasteiger partial charge in [-0.3, -0.25) is 4.79 Å². The second-order valence-electron chi connectivity index (χ2n) is 5.34. The molecule has 0 radical (unpaired) electrons. The van der Waals surface area contributed by atoms with Crippen LogP contribution in [-0.2, 0) is 22.5 Å². The second-order valence-corrected chi connectivity index (χ2v) is 5.34. The molecule has 21 heavy (non-hydrogen) atoms. The predicted octanol–water partition coefficient (Wildman–Crippen LogP) is 1.35. The third-order valence-corrected chi connectivity index (χ3v) is 3.81. The number of aromatic carboxylic acids is 1. The third kappa shape index (κ3) is 3.64. The molecule has 1 amide bonds. The molecule has 1 atom stereocenters. The van der Waals surface area contributed by atoms with Crippen LogP contribution in [0, 0.1) is 6.92 Å². The summed E-state index contributed by atoms with van der Waals surface area (Å²) >= 11 is 0.